The first-order valence-electron chi connectivity index (χ1n) is 11.5. The molecule has 0 aliphatic carbocycles. The molecule has 178 valence electrons. The number of hydrogen-bond donors (Lipinski definition) is 1. The number of sulfonamides is 1. The van der Waals surface area contributed by atoms with Gasteiger partial charge in [0.05, 0.1) is 17.5 Å². The molecule has 6 nitrogen and oxygen atoms in total. The number of hydrogen-bond acceptors (Lipinski definition) is 4. The second-order valence-electron chi connectivity index (χ2n) is 8.45. The van der Waals surface area contributed by atoms with E-state index in [0.717, 1.165) is 28.0 Å². The van der Waals surface area contributed by atoms with Gasteiger partial charge in [-0.1, -0.05) is 54.1 Å². The van der Waals surface area contributed by atoms with Crippen LogP contribution in [0.3, 0.4) is 0 Å². The summed E-state index contributed by atoms with van der Waals surface area (Å²) < 4.78 is 34.0. The largest absolute Gasteiger partial charge is 0.494 e. The first-order chi connectivity index (χ1) is 16.4. The SMILES string of the molecule is CCOc1ccc(CNC(=O)C[C@H]2c3ccccc3CCN2S(=O)(=O)c2ccc(C)cc2)cc1. The number of carbonyl (C=O) groups is 1. The highest BCUT2D eigenvalue weighted by Gasteiger charge is 2.37. The van der Waals surface area contributed by atoms with Crippen LogP contribution in [-0.4, -0.2) is 31.8 Å². The van der Waals surface area contributed by atoms with Gasteiger partial charge in [-0.3, -0.25) is 4.79 Å². The molecular weight excluding hydrogens is 448 g/mol. The van der Waals surface area contributed by atoms with Gasteiger partial charge in [-0.2, -0.15) is 4.31 Å². The molecule has 0 bridgehead atoms. The van der Waals surface area contributed by atoms with Gasteiger partial charge in [0.15, 0.2) is 0 Å². The zero-order valence-corrected chi connectivity index (χ0v) is 20.3. The van der Waals surface area contributed by atoms with E-state index in [2.05, 4.69) is 5.32 Å². The van der Waals surface area contributed by atoms with Crippen LogP contribution in [0.25, 0.3) is 0 Å². The Bertz CT molecular complexity index is 1240. The van der Waals surface area contributed by atoms with Crippen molar-refractivity contribution in [3.05, 3.63) is 95.1 Å². The molecule has 1 N–H and O–H groups in total. The Morgan fingerprint density at radius 2 is 1.74 bits per heavy atom. The van der Waals surface area contributed by atoms with Crippen LogP contribution in [0.1, 0.15) is 41.6 Å². The molecule has 0 unspecified atom stereocenters. The normalized spacial score (nSPS) is 16.0. The molecule has 0 saturated heterocycles. The molecule has 0 fully saturated rings. The number of rotatable bonds is 8. The number of benzene rings is 3. The Hall–Kier alpha value is -3.16. The van der Waals surface area contributed by atoms with E-state index in [1.54, 1.807) is 24.3 Å². The van der Waals surface area contributed by atoms with Crippen LogP contribution in [0.2, 0.25) is 0 Å². The average molecular weight is 479 g/mol. The van der Waals surface area contributed by atoms with E-state index >= 15 is 0 Å². The van der Waals surface area contributed by atoms with Gasteiger partial charge < -0.3 is 10.1 Å². The molecule has 0 aromatic heterocycles. The highest BCUT2D eigenvalue weighted by atomic mass is 32.2. The standard InChI is InChI=1S/C27H30N2O4S/c1-3-33-23-12-10-21(11-13-23)19-28-27(30)18-26-25-7-5-4-6-22(25)16-17-29(26)34(31,32)24-14-8-20(2)9-15-24/h4-15,26H,3,16-19H2,1-2H3,(H,28,30)/t26-/m0/s1. The number of nitrogens with one attached hydrogen (secondary N) is 1. The van der Waals surface area contributed by atoms with Gasteiger partial charge in [-0.05, 0) is 61.2 Å². The van der Waals surface area contributed by atoms with Gasteiger partial charge in [0.1, 0.15) is 5.75 Å². The second kappa shape index (κ2) is 10.4. The Morgan fingerprint density at radius 3 is 2.44 bits per heavy atom. The summed E-state index contributed by atoms with van der Waals surface area (Å²) in [5, 5.41) is 2.95. The summed E-state index contributed by atoms with van der Waals surface area (Å²) in [6.07, 6.45) is 0.671. The number of nitrogens with zero attached hydrogens (tertiary/aromatic N) is 1. The molecule has 34 heavy (non-hydrogen) atoms. The Balaban J connectivity index is 1.53. The molecule has 3 aromatic carbocycles. The van der Waals surface area contributed by atoms with Crippen molar-refractivity contribution < 1.29 is 17.9 Å². The zero-order chi connectivity index (χ0) is 24.1. The van der Waals surface area contributed by atoms with E-state index in [4.69, 9.17) is 4.74 Å². The van der Waals surface area contributed by atoms with Crippen LogP contribution in [0.5, 0.6) is 5.75 Å². The van der Waals surface area contributed by atoms with Crippen molar-refractivity contribution in [2.75, 3.05) is 13.2 Å². The summed E-state index contributed by atoms with van der Waals surface area (Å²) in [4.78, 5) is 13.2. The highest BCUT2D eigenvalue weighted by molar-refractivity contribution is 7.89. The maximum atomic E-state index is 13.5. The van der Waals surface area contributed by atoms with Gasteiger partial charge in [0.25, 0.3) is 0 Å². The van der Waals surface area contributed by atoms with Crippen molar-refractivity contribution in [3.63, 3.8) is 0 Å². The van der Waals surface area contributed by atoms with Gasteiger partial charge in [-0.15, -0.1) is 0 Å². The Morgan fingerprint density at radius 1 is 1.03 bits per heavy atom. The molecule has 0 radical (unpaired) electrons. The molecule has 1 aliphatic rings. The molecular formula is C27H30N2O4S. The third-order valence-corrected chi connectivity index (χ3v) is 8.02. The number of fused-ring (bicyclic) bond motifs is 1. The van der Waals surface area contributed by atoms with Crippen molar-refractivity contribution >= 4 is 15.9 Å². The van der Waals surface area contributed by atoms with Crippen molar-refractivity contribution in [2.24, 2.45) is 0 Å². The molecule has 7 heteroatoms. The van der Waals surface area contributed by atoms with Gasteiger partial charge in [0.2, 0.25) is 15.9 Å². The lowest BCUT2D eigenvalue weighted by Crippen LogP contribution is -2.42. The minimum absolute atomic E-state index is 0.0547. The van der Waals surface area contributed by atoms with Crippen LogP contribution in [0.15, 0.2) is 77.7 Å². The van der Waals surface area contributed by atoms with Gasteiger partial charge in [-0.25, -0.2) is 8.42 Å². The quantitative estimate of drug-likeness (QED) is 0.521. The lowest BCUT2D eigenvalue weighted by molar-refractivity contribution is -0.122. The number of aryl methyl sites for hydroxylation is 1. The van der Waals surface area contributed by atoms with Crippen molar-refractivity contribution in [1.82, 2.24) is 9.62 Å². The molecule has 3 aromatic rings. The molecule has 1 aliphatic heterocycles. The second-order valence-corrected chi connectivity index (χ2v) is 10.3. The molecule has 0 spiro atoms. The fraction of sp³-hybridized carbons (Fsp3) is 0.296. The van der Waals surface area contributed by atoms with Crippen LogP contribution in [0, 0.1) is 6.92 Å². The van der Waals surface area contributed by atoms with Gasteiger partial charge in [0, 0.05) is 19.5 Å². The smallest absolute Gasteiger partial charge is 0.243 e. The maximum Gasteiger partial charge on any atom is 0.243 e. The molecule has 4 rings (SSSR count). The molecule has 0 saturated carbocycles. The van der Waals surface area contributed by atoms with Crippen LogP contribution in [0.4, 0.5) is 0 Å². The van der Waals surface area contributed by atoms with E-state index in [-0.39, 0.29) is 17.2 Å². The molecule has 1 amide bonds. The summed E-state index contributed by atoms with van der Waals surface area (Å²) in [6, 6.07) is 21.7. The van der Waals surface area contributed by atoms with Crippen molar-refractivity contribution in [2.45, 2.75) is 44.2 Å². The van der Waals surface area contributed by atoms with Crippen LogP contribution < -0.4 is 10.1 Å². The highest BCUT2D eigenvalue weighted by Crippen LogP contribution is 2.36. The number of ether oxygens (including phenoxy) is 1. The van der Waals surface area contributed by atoms with E-state index in [0.29, 0.717) is 26.1 Å². The topological polar surface area (TPSA) is 75.7 Å². The summed E-state index contributed by atoms with van der Waals surface area (Å²) >= 11 is 0. The minimum Gasteiger partial charge on any atom is -0.494 e. The van der Waals surface area contributed by atoms with E-state index in [1.165, 1.54) is 4.31 Å². The van der Waals surface area contributed by atoms with E-state index in [1.807, 2.05) is 62.4 Å². The van der Waals surface area contributed by atoms with Crippen LogP contribution in [-0.2, 0) is 27.8 Å². The lowest BCUT2D eigenvalue weighted by Gasteiger charge is -2.36. The van der Waals surface area contributed by atoms with E-state index < -0.39 is 16.1 Å². The number of amides is 1. The first kappa shape index (κ1) is 24.0. The Labute approximate surface area is 201 Å². The molecule has 1 heterocycles. The van der Waals surface area contributed by atoms with E-state index in [9.17, 15) is 13.2 Å². The Kier molecular flexibility index (Phi) is 7.34. The monoisotopic (exact) mass is 478 g/mol. The summed E-state index contributed by atoms with van der Waals surface area (Å²) in [7, 11) is -3.75. The summed E-state index contributed by atoms with van der Waals surface area (Å²) in [5.41, 5.74) is 3.92. The van der Waals surface area contributed by atoms with Crippen LogP contribution >= 0.6 is 0 Å². The minimum atomic E-state index is -3.75. The predicted octanol–water partition coefficient (Wildman–Crippen LogP) is 4.39. The number of carbonyl (C=O) groups excluding carboxylic acids is 1. The maximum absolute atomic E-state index is 13.5. The fourth-order valence-corrected chi connectivity index (χ4v) is 5.90. The third kappa shape index (κ3) is 5.32. The van der Waals surface area contributed by atoms with Crippen molar-refractivity contribution in [3.8, 4) is 5.75 Å². The fourth-order valence-electron chi connectivity index (χ4n) is 4.29. The first-order valence-corrected chi connectivity index (χ1v) is 13.0. The lowest BCUT2D eigenvalue weighted by atomic mass is 9.92. The third-order valence-electron chi connectivity index (χ3n) is 6.09. The average Bonchev–Trinajstić information content (AvgIpc) is 2.84. The zero-order valence-electron chi connectivity index (χ0n) is 19.5. The van der Waals surface area contributed by atoms with Gasteiger partial charge >= 0.3 is 0 Å². The predicted molar refractivity (Wildman–Crippen MR) is 132 cm³/mol. The summed E-state index contributed by atoms with van der Waals surface area (Å²) in [6.45, 7) is 5.15. The summed E-state index contributed by atoms with van der Waals surface area (Å²) in [5.74, 6) is 0.591. The van der Waals surface area contributed by atoms with Crippen molar-refractivity contribution in [1.29, 1.82) is 0 Å². The molecule has 1 atom stereocenters.